The minimum Gasteiger partial charge on any atom is -0.396 e. The molecular formula is C22H35N3O2. The van der Waals surface area contributed by atoms with Gasteiger partial charge in [-0.1, -0.05) is 17.7 Å². The van der Waals surface area contributed by atoms with Gasteiger partial charge in [0, 0.05) is 57.1 Å². The van der Waals surface area contributed by atoms with Gasteiger partial charge in [-0.25, -0.2) is 0 Å². The van der Waals surface area contributed by atoms with Crippen molar-refractivity contribution in [2.24, 2.45) is 0 Å². The summed E-state index contributed by atoms with van der Waals surface area (Å²) >= 11 is 0. The normalized spacial score (nSPS) is 29.1. The van der Waals surface area contributed by atoms with E-state index in [0.717, 1.165) is 52.0 Å². The largest absolute Gasteiger partial charge is 0.396 e. The zero-order valence-electron chi connectivity index (χ0n) is 16.7. The van der Waals surface area contributed by atoms with Gasteiger partial charge in [0.25, 0.3) is 0 Å². The summed E-state index contributed by atoms with van der Waals surface area (Å²) < 4.78 is 0. The molecule has 5 nitrogen and oxygen atoms in total. The lowest BCUT2D eigenvalue weighted by Crippen LogP contribution is -2.61. The van der Waals surface area contributed by atoms with Crippen LogP contribution in [0.3, 0.4) is 0 Å². The summed E-state index contributed by atoms with van der Waals surface area (Å²) in [7, 11) is 0. The quantitative estimate of drug-likeness (QED) is 0.825. The van der Waals surface area contributed by atoms with Crippen LogP contribution in [-0.4, -0.2) is 83.6 Å². The molecule has 0 spiro atoms. The molecule has 0 saturated carbocycles. The maximum Gasteiger partial charge on any atom is 0.0807 e. The number of β-amino-alcohol motifs (C(OH)–C–C–N with tert-alkyl or cyclic N) is 1. The van der Waals surface area contributed by atoms with E-state index in [2.05, 4.69) is 45.9 Å². The summed E-state index contributed by atoms with van der Waals surface area (Å²) in [6.07, 6.45) is 5.02. The van der Waals surface area contributed by atoms with Crippen LogP contribution in [0, 0.1) is 6.92 Å². The number of aliphatic hydroxyl groups is 2. The van der Waals surface area contributed by atoms with Crippen LogP contribution < -0.4 is 4.90 Å². The average Bonchev–Trinajstić information content (AvgIpc) is 3.11. The molecule has 2 unspecified atom stereocenters. The molecule has 0 aromatic heterocycles. The van der Waals surface area contributed by atoms with Crippen molar-refractivity contribution in [2.75, 3.05) is 50.8 Å². The Hall–Kier alpha value is -1.14. The van der Waals surface area contributed by atoms with Crippen LogP contribution in [0.4, 0.5) is 5.69 Å². The number of benzene rings is 1. The molecule has 3 fully saturated rings. The van der Waals surface area contributed by atoms with E-state index < -0.39 is 5.60 Å². The van der Waals surface area contributed by atoms with Gasteiger partial charge in [-0.05, 0) is 57.7 Å². The number of hydrogen-bond acceptors (Lipinski definition) is 5. The van der Waals surface area contributed by atoms with Crippen LogP contribution in [0.1, 0.15) is 37.7 Å². The first kappa shape index (κ1) is 19.2. The number of aryl methyl sites for hydroxylation is 1. The van der Waals surface area contributed by atoms with Gasteiger partial charge in [0.15, 0.2) is 0 Å². The van der Waals surface area contributed by atoms with Crippen molar-refractivity contribution in [3.05, 3.63) is 29.8 Å². The SMILES string of the molecule is Cc1ccc(N2CCC(O)(CN3CC4CCCN4CC3CCO)CC2)cc1. The summed E-state index contributed by atoms with van der Waals surface area (Å²) in [5.41, 5.74) is 1.95. The highest BCUT2D eigenvalue weighted by Crippen LogP contribution is 2.31. The highest BCUT2D eigenvalue weighted by atomic mass is 16.3. The minimum absolute atomic E-state index is 0.235. The molecule has 3 aliphatic heterocycles. The van der Waals surface area contributed by atoms with E-state index in [1.54, 1.807) is 0 Å². The summed E-state index contributed by atoms with van der Waals surface area (Å²) in [6, 6.07) is 9.74. The number of rotatable bonds is 5. The predicted octanol–water partition coefficient (Wildman–Crippen LogP) is 1.86. The fourth-order valence-corrected chi connectivity index (χ4v) is 5.24. The van der Waals surface area contributed by atoms with Crippen LogP contribution in [0.25, 0.3) is 0 Å². The molecule has 3 saturated heterocycles. The smallest absolute Gasteiger partial charge is 0.0807 e. The summed E-state index contributed by atoms with van der Waals surface area (Å²) in [5.74, 6) is 0. The Kier molecular flexibility index (Phi) is 5.74. The van der Waals surface area contributed by atoms with E-state index in [4.69, 9.17) is 0 Å². The maximum absolute atomic E-state index is 11.3. The first-order chi connectivity index (χ1) is 13.1. The average molecular weight is 374 g/mol. The van der Waals surface area contributed by atoms with Gasteiger partial charge in [-0.3, -0.25) is 9.80 Å². The number of nitrogens with zero attached hydrogens (tertiary/aromatic N) is 3. The number of piperidine rings is 1. The van der Waals surface area contributed by atoms with Gasteiger partial charge in [0.2, 0.25) is 0 Å². The summed E-state index contributed by atoms with van der Waals surface area (Å²) in [5, 5.41) is 20.8. The van der Waals surface area contributed by atoms with Crippen molar-refractivity contribution in [3.63, 3.8) is 0 Å². The summed E-state index contributed by atoms with van der Waals surface area (Å²) in [6.45, 7) is 8.23. The van der Waals surface area contributed by atoms with Crippen molar-refractivity contribution < 1.29 is 10.2 Å². The Morgan fingerprint density at radius 1 is 1.07 bits per heavy atom. The van der Waals surface area contributed by atoms with E-state index in [-0.39, 0.29) is 6.61 Å². The van der Waals surface area contributed by atoms with Gasteiger partial charge in [-0.2, -0.15) is 0 Å². The Morgan fingerprint density at radius 3 is 2.52 bits per heavy atom. The van der Waals surface area contributed by atoms with Gasteiger partial charge < -0.3 is 15.1 Å². The first-order valence-electron chi connectivity index (χ1n) is 10.7. The van der Waals surface area contributed by atoms with E-state index >= 15 is 0 Å². The van der Waals surface area contributed by atoms with Crippen molar-refractivity contribution >= 4 is 5.69 Å². The molecule has 1 aromatic carbocycles. The molecule has 27 heavy (non-hydrogen) atoms. The Labute approximate surface area is 163 Å². The molecule has 2 atom stereocenters. The second kappa shape index (κ2) is 8.08. The van der Waals surface area contributed by atoms with Crippen LogP contribution in [0.5, 0.6) is 0 Å². The fraction of sp³-hybridized carbons (Fsp3) is 0.727. The van der Waals surface area contributed by atoms with Crippen LogP contribution in [-0.2, 0) is 0 Å². The lowest BCUT2D eigenvalue weighted by molar-refractivity contribution is -0.0537. The highest BCUT2D eigenvalue weighted by molar-refractivity contribution is 5.48. The monoisotopic (exact) mass is 373 g/mol. The number of fused-ring (bicyclic) bond motifs is 1. The standard InChI is InChI=1S/C22H35N3O2/c1-18-4-6-19(7-5-18)23-12-9-22(27,10-13-23)17-25-16-20-3-2-11-24(20)15-21(25)8-14-26/h4-7,20-21,26-27H,2-3,8-17H2,1H3. The molecule has 0 radical (unpaired) electrons. The number of aliphatic hydroxyl groups excluding tert-OH is 1. The maximum atomic E-state index is 11.3. The molecule has 5 heteroatoms. The molecule has 1 aromatic rings. The van der Waals surface area contributed by atoms with Crippen molar-refractivity contribution in [1.29, 1.82) is 0 Å². The lowest BCUT2D eigenvalue weighted by Gasteiger charge is -2.48. The number of anilines is 1. The second-order valence-corrected chi connectivity index (χ2v) is 8.93. The molecule has 150 valence electrons. The zero-order valence-corrected chi connectivity index (χ0v) is 16.7. The number of hydrogen-bond donors (Lipinski definition) is 2. The summed E-state index contributed by atoms with van der Waals surface area (Å²) in [4.78, 5) is 7.49. The van der Waals surface area contributed by atoms with Crippen molar-refractivity contribution in [3.8, 4) is 0 Å². The highest BCUT2D eigenvalue weighted by Gasteiger charge is 2.41. The molecule has 0 aliphatic carbocycles. The van der Waals surface area contributed by atoms with Gasteiger partial charge >= 0.3 is 0 Å². The molecule has 0 amide bonds. The Bertz CT molecular complexity index is 612. The van der Waals surface area contributed by atoms with Gasteiger partial charge in [-0.15, -0.1) is 0 Å². The van der Waals surface area contributed by atoms with E-state index in [0.29, 0.717) is 12.1 Å². The van der Waals surface area contributed by atoms with Gasteiger partial charge in [0.05, 0.1) is 5.60 Å². The minimum atomic E-state index is -0.602. The second-order valence-electron chi connectivity index (χ2n) is 8.93. The third-order valence-electron chi connectivity index (χ3n) is 6.96. The molecular weight excluding hydrogens is 338 g/mol. The van der Waals surface area contributed by atoms with E-state index in [9.17, 15) is 10.2 Å². The topological polar surface area (TPSA) is 50.2 Å². The lowest BCUT2D eigenvalue weighted by atomic mass is 9.89. The zero-order chi connectivity index (χ0) is 18.9. The molecule has 3 heterocycles. The Morgan fingerprint density at radius 2 is 1.81 bits per heavy atom. The molecule has 3 aliphatic rings. The molecule has 2 N–H and O–H groups in total. The fourth-order valence-electron chi connectivity index (χ4n) is 5.24. The number of piperazine rings is 1. The predicted molar refractivity (Wildman–Crippen MR) is 109 cm³/mol. The van der Waals surface area contributed by atoms with E-state index in [1.165, 1.54) is 30.6 Å². The van der Waals surface area contributed by atoms with Crippen LogP contribution in [0.2, 0.25) is 0 Å². The third-order valence-corrected chi connectivity index (χ3v) is 6.96. The van der Waals surface area contributed by atoms with Crippen molar-refractivity contribution in [2.45, 2.75) is 56.7 Å². The molecule has 4 rings (SSSR count). The van der Waals surface area contributed by atoms with Crippen LogP contribution >= 0.6 is 0 Å². The van der Waals surface area contributed by atoms with Gasteiger partial charge in [0.1, 0.15) is 0 Å². The van der Waals surface area contributed by atoms with E-state index in [1.807, 2.05) is 0 Å². The van der Waals surface area contributed by atoms with Crippen molar-refractivity contribution in [1.82, 2.24) is 9.80 Å². The first-order valence-corrected chi connectivity index (χ1v) is 10.7. The third kappa shape index (κ3) is 4.32. The molecule has 0 bridgehead atoms. The Balaban J connectivity index is 1.37. The van der Waals surface area contributed by atoms with Crippen LogP contribution in [0.15, 0.2) is 24.3 Å².